The van der Waals surface area contributed by atoms with Crippen molar-refractivity contribution < 1.29 is 23.9 Å². The summed E-state index contributed by atoms with van der Waals surface area (Å²) in [5, 5.41) is 0. The summed E-state index contributed by atoms with van der Waals surface area (Å²) in [6, 6.07) is 5.13. The number of hydrogen-bond acceptors (Lipinski definition) is 5. The maximum Gasteiger partial charge on any atom is 0.375 e. The van der Waals surface area contributed by atoms with Crippen molar-refractivity contribution in [2.75, 3.05) is 13.2 Å². The van der Waals surface area contributed by atoms with Crippen LogP contribution in [0.4, 0.5) is 0 Å². The molecule has 100 valence electrons. The monoisotopic (exact) mass is 374 g/mol. The molecule has 1 aromatic rings. The number of ketones is 2. The van der Waals surface area contributed by atoms with E-state index in [0.29, 0.717) is 11.3 Å². The average molecular weight is 374 g/mol. The van der Waals surface area contributed by atoms with Gasteiger partial charge in [0.2, 0.25) is 0 Å². The van der Waals surface area contributed by atoms with E-state index in [0.717, 1.165) is 3.57 Å². The number of fused-ring (bicyclic) bond motifs is 1. The highest BCUT2D eigenvalue weighted by Crippen LogP contribution is 2.29. The van der Waals surface area contributed by atoms with Crippen molar-refractivity contribution in [2.24, 2.45) is 5.92 Å². The van der Waals surface area contributed by atoms with Crippen LogP contribution in [0.1, 0.15) is 17.3 Å². The minimum Gasteiger partial charge on any atom is -0.492 e. The van der Waals surface area contributed by atoms with Crippen molar-refractivity contribution >= 4 is 40.1 Å². The molecule has 1 atom stereocenters. The molecule has 19 heavy (non-hydrogen) atoms. The standard InChI is InChI=1S/C13H11IO5/c1-2-18-13(17)12(16)9-6-19-10-4-3-7(14)5-8(10)11(9)15/h3-5,9H,2,6H2,1H3. The first-order chi connectivity index (χ1) is 9.04. The first-order valence-electron chi connectivity index (χ1n) is 5.72. The molecule has 0 aromatic heterocycles. The number of hydrogen-bond donors (Lipinski definition) is 0. The molecular formula is C13H11IO5. The Hall–Kier alpha value is -1.44. The number of benzene rings is 1. The molecule has 0 saturated heterocycles. The highest BCUT2D eigenvalue weighted by Gasteiger charge is 2.38. The average Bonchev–Trinajstić information content (AvgIpc) is 2.39. The van der Waals surface area contributed by atoms with Crippen LogP contribution < -0.4 is 4.74 Å². The summed E-state index contributed by atoms with van der Waals surface area (Å²) in [6.45, 7) is 1.58. The molecule has 1 heterocycles. The van der Waals surface area contributed by atoms with Gasteiger partial charge in [0.1, 0.15) is 18.3 Å². The number of halogens is 1. The van der Waals surface area contributed by atoms with Crippen LogP contribution in [0, 0.1) is 9.49 Å². The van der Waals surface area contributed by atoms with Crippen LogP contribution >= 0.6 is 22.6 Å². The molecule has 0 aliphatic carbocycles. The number of ether oxygens (including phenoxy) is 2. The normalized spacial score (nSPS) is 17.4. The van der Waals surface area contributed by atoms with Crippen molar-refractivity contribution in [3.8, 4) is 5.75 Å². The van der Waals surface area contributed by atoms with Gasteiger partial charge in [-0.25, -0.2) is 4.79 Å². The van der Waals surface area contributed by atoms with Crippen molar-refractivity contribution in [2.45, 2.75) is 6.92 Å². The maximum atomic E-state index is 12.2. The van der Waals surface area contributed by atoms with Crippen LogP contribution in [0.3, 0.4) is 0 Å². The number of esters is 1. The second-order valence-electron chi connectivity index (χ2n) is 3.95. The third-order valence-electron chi connectivity index (χ3n) is 2.72. The molecule has 0 bridgehead atoms. The summed E-state index contributed by atoms with van der Waals surface area (Å²) in [5.74, 6) is -2.89. The Balaban J connectivity index is 2.26. The third kappa shape index (κ3) is 2.78. The molecular weight excluding hydrogens is 363 g/mol. The smallest absolute Gasteiger partial charge is 0.375 e. The van der Waals surface area contributed by atoms with Crippen molar-refractivity contribution in [1.29, 1.82) is 0 Å². The summed E-state index contributed by atoms with van der Waals surface area (Å²) >= 11 is 2.06. The third-order valence-corrected chi connectivity index (χ3v) is 3.39. The van der Waals surface area contributed by atoms with Gasteiger partial charge in [-0.1, -0.05) is 0 Å². The lowest BCUT2D eigenvalue weighted by Gasteiger charge is -2.22. The molecule has 1 unspecified atom stereocenters. The molecule has 2 rings (SSSR count). The van der Waals surface area contributed by atoms with Gasteiger partial charge in [0.05, 0.1) is 12.2 Å². The zero-order valence-corrected chi connectivity index (χ0v) is 12.3. The topological polar surface area (TPSA) is 69.7 Å². The largest absolute Gasteiger partial charge is 0.492 e. The van der Waals surface area contributed by atoms with Crippen molar-refractivity contribution in [3.05, 3.63) is 27.3 Å². The van der Waals surface area contributed by atoms with Gasteiger partial charge in [-0.3, -0.25) is 9.59 Å². The summed E-state index contributed by atoms with van der Waals surface area (Å²) in [7, 11) is 0. The first-order valence-corrected chi connectivity index (χ1v) is 6.80. The fourth-order valence-corrected chi connectivity index (χ4v) is 2.29. The van der Waals surface area contributed by atoms with E-state index < -0.39 is 23.5 Å². The minimum absolute atomic E-state index is 0.0980. The van der Waals surface area contributed by atoms with Gasteiger partial charge in [-0.2, -0.15) is 0 Å². The van der Waals surface area contributed by atoms with Crippen LogP contribution in [0.15, 0.2) is 18.2 Å². The van der Waals surface area contributed by atoms with E-state index in [2.05, 4.69) is 27.3 Å². The zero-order chi connectivity index (χ0) is 14.0. The molecule has 6 heteroatoms. The fraction of sp³-hybridized carbons (Fsp3) is 0.308. The van der Waals surface area contributed by atoms with Crippen LogP contribution in [-0.4, -0.2) is 30.7 Å². The zero-order valence-electron chi connectivity index (χ0n) is 10.1. The molecule has 0 radical (unpaired) electrons. The Kier molecular flexibility index (Phi) is 4.18. The Morgan fingerprint density at radius 2 is 2.21 bits per heavy atom. The summed E-state index contributed by atoms with van der Waals surface area (Å²) in [6.07, 6.45) is 0. The number of carbonyl (C=O) groups excluding carboxylic acids is 3. The Labute approximate surface area is 123 Å². The summed E-state index contributed by atoms with van der Waals surface area (Å²) in [4.78, 5) is 35.4. The van der Waals surface area contributed by atoms with Gasteiger partial charge < -0.3 is 9.47 Å². The van der Waals surface area contributed by atoms with E-state index in [1.165, 1.54) is 0 Å². The molecule has 1 aromatic carbocycles. The lowest BCUT2D eigenvalue weighted by molar-refractivity contribution is -0.155. The highest BCUT2D eigenvalue weighted by molar-refractivity contribution is 14.1. The van der Waals surface area contributed by atoms with Crippen LogP contribution in [-0.2, 0) is 14.3 Å². The van der Waals surface area contributed by atoms with E-state index in [9.17, 15) is 14.4 Å². The molecule has 0 amide bonds. The summed E-state index contributed by atoms with van der Waals surface area (Å²) in [5.41, 5.74) is 0.334. The quantitative estimate of drug-likeness (QED) is 0.348. The highest BCUT2D eigenvalue weighted by atomic mass is 127. The lowest BCUT2D eigenvalue weighted by Crippen LogP contribution is -2.38. The van der Waals surface area contributed by atoms with Crippen molar-refractivity contribution in [3.63, 3.8) is 0 Å². The second-order valence-corrected chi connectivity index (χ2v) is 5.20. The summed E-state index contributed by atoms with van der Waals surface area (Å²) < 4.78 is 10.8. The van der Waals surface area contributed by atoms with Gasteiger partial charge in [-0.05, 0) is 47.7 Å². The fourth-order valence-electron chi connectivity index (χ4n) is 1.80. The van der Waals surface area contributed by atoms with Gasteiger partial charge in [0, 0.05) is 3.57 Å². The molecule has 0 fully saturated rings. The Morgan fingerprint density at radius 1 is 1.47 bits per heavy atom. The molecule has 1 aliphatic rings. The van der Waals surface area contributed by atoms with E-state index >= 15 is 0 Å². The van der Waals surface area contributed by atoms with E-state index in [1.807, 2.05) is 0 Å². The molecule has 0 N–H and O–H groups in total. The predicted molar refractivity (Wildman–Crippen MR) is 74.1 cm³/mol. The maximum absolute atomic E-state index is 12.2. The predicted octanol–water partition coefficient (Wildman–Crippen LogP) is 1.61. The van der Waals surface area contributed by atoms with E-state index in [1.54, 1.807) is 25.1 Å². The van der Waals surface area contributed by atoms with Gasteiger partial charge in [-0.15, -0.1) is 0 Å². The first kappa shape index (κ1) is 14.0. The Bertz CT molecular complexity index is 552. The van der Waals surface area contributed by atoms with E-state index in [-0.39, 0.29) is 13.2 Å². The van der Waals surface area contributed by atoms with Crippen LogP contribution in [0.5, 0.6) is 5.75 Å². The van der Waals surface area contributed by atoms with Crippen LogP contribution in [0.25, 0.3) is 0 Å². The SMILES string of the molecule is CCOC(=O)C(=O)C1COc2ccc(I)cc2C1=O. The van der Waals surface area contributed by atoms with Gasteiger partial charge in [0.25, 0.3) is 5.78 Å². The van der Waals surface area contributed by atoms with Crippen molar-refractivity contribution in [1.82, 2.24) is 0 Å². The second kappa shape index (κ2) is 5.68. The van der Waals surface area contributed by atoms with Gasteiger partial charge in [0.15, 0.2) is 5.78 Å². The molecule has 1 aliphatic heterocycles. The van der Waals surface area contributed by atoms with E-state index in [4.69, 9.17) is 4.74 Å². The Morgan fingerprint density at radius 3 is 2.89 bits per heavy atom. The molecule has 0 spiro atoms. The number of Topliss-reactive ketones (excluding diaryl/α,β-unsaturated/α-hetero) is 2. The van der Waals surface area contributed by atoms with Gasteiger partial charge >= 0.3 is 5.97 Å². The lowest BCUT2D eigenvalue weighted by atomic mass is 9.91. The molecule has 0 saturated carbocycles. The van der Waals surface area contributed by atoms with Crippen LogP contribution in [0.2, 0.25) is 0 Å². The minimum atomic E-state index is -1.11. The number of carbonyl (C=O) groups is 3. The number of rotatable bonds is 3. The molecule has 5 nitrogen and oxygen atoms in total.